The lowest BCUT2D eigenvalue weighted by atomic mass is 10.2. The topological polar surface area (TPSA) is 98.6 Å². The van der Waals surface area contributed by atoms with Gasteiger partial charge in [-0.15, -0.1) is 0 Å². The minimum atomic E-state index is -0.374. The Labute approximate surface area is 163 Å². The van der Waals surface area contributed by atoms with E-state index in [4.69, 9.17) is 10.00 Å². The van der Waals surface area contributed by atoms with Crippen molar-refractivity contribution in [2.45, 2.75) is 6.92 Å². The minimum Gasteiger partial charge on any atom is -0.450 e. The maximum absolute atomic E-state index is 12.4. The van der Waals surface area contributed by atoms with Gasteiger partial charge in [0.25, 0.3) is 5.91 Å². The summed E-state index contributed by atoms with van der Waals surface area (Å²) in [6.45, 7) is 4.64. The molecule has 2 heterocycles. The Hall–Kier alpha value is -3.60. The zero-order chi connectivity index (χ0) is 19.9. The number of carbonyl (C=O) groups is 2. The van der Waals surface area contributed by atoms with Crippen LogP contribution >= 0.6 is 0 Å². The van der Waals surface area contributed by atoms with E-state index in [0.717, 1.165) is 5.69 Å². The second kappa shape index (κ2) is 8.86. The smallest absolute Gasteiger partial charge is 0.409 e. The van der Waals surface area contributed by atoms with Gasteiger partial charge in [0.1, 0.15) is 11.8 Å². The van der Waals surface area contributed by atoms with Crippen LogP contribution in [-0.2, 0) is 4.74 Å². The van der Waals surface area contributed by atoms with Gasteiger partial charge in [0, 0.05) is 26.2 Å². The first-order chi connectivity index (χ1) is 13.6. The second-order valence-electron chi connectivity index (χ2n) is 6.19. The largest absolute Gasteiger partial charge is 0.450 e. The maximum Gasteiger partial charge on any atom is 0.409 e. The number of nitrogens with one attached hydrogen (secondary N) is 1. The van der Waals surface area contributed by atoms with E-state index >= 15 is 0 Å². The van der Waals surface area contributed by atoms with Crippen molar-refractivity contribution in [1.29, 1.82) is 5.26 Å². The number of nitrogens with zero attached hydrogens (tertiary/aromatic N) is 4. The van der Waals surface area contributed by atoms with E-state index in [9.17, 15) is 9.59 Å². The van der Waals surface area contributed by atoms with Crippen LogP contribution in [0.15, 0.2) is 42.6 Å². The number of pyridine rings is 1. The van der Waals surface area contributed by atoms with E-state index in [1.165, 1.54) is 0 Å². The summed E-state index contributed by atoms with van der Waals surface area (Å²) in [5.74, 6) is -0.374. The summed E-state index contributed by atoms with van der Waals surface area (Å²) in [5.41, 5.74) is 2.00. The molecular weight excluding hydrogens is 358 g/mol. The van der Waals surface area contributed by atoms with Gasteiger partial charge >= 0.3 is 6.09 Å². The van der Waals surface area contributed by atoms with Crippen LogP contribution in [0.5, 0.6) is 0 Å². The van der Waals surface area contributed by atoms with E-state index in [2.05, 4.69) is 15.2 Å². The van der Waals surface area contributed by atoms with Crippen LogP contribution in [0, 0.1) is 11.3 Å². The summed E-state index contributed by atoms with van der Waals surface area (Å²) < 4.78 is 5.02. The van der Waals surface area contributed by atoms with E-state index < -0.39 is 0 Å². The van der Waals surface area contributed by atoms with Gasteiger partial charge in [0.2, 0.25) is 0 Å². The highest BCUT2D eigenvalue weighted by Crippen LogP contribution is 2.18. The average molecular weight is 379 g/mol. The van der Waals surface area contributed by atoms with Crippen LogP contribution in [0.25, 0.3) is 0 Å². The molecule has 0 spiro atoms. The molecule has 0 unspecified atom stereocenters. The van der Waals surface area contributed by atoms with Crippen LogP contribution in [0.2, 0.25) is 0 Å². The van der Waals surface area contributed by atoms with Crippen molar-refractivity contribution in [1.82, 2.24) is 9.88 Å². The third-order valence-electron chi connectivity index (χ3n) is 4.45. The summed E-state index contributed by atoms with van der Waals surface area (Å²) in [4.78, 5) is 32.2. The molecule has 1 saturated heterocycles. The first-order valence-electron chi connectivity index (χ1n) is 9.05. The second-order valence-corrected chi connectivity index (χ2v) is 6.19. The van der Waals surface area contributed by atoms with Gasteiger partial charge in [-0.3, -0.25) is 4.79 Å². The fraction of sp³-hybridized carbons (Fsp3) is 0.300. The lowest BCUT2D eigenvalue weighted by molar-refractivity contribution is 0.101. The Morgan fingerprint density at radius 2 is 1.93 bits per heavy atom. The molecule has 0 bridgehead atoms. The third-order valence-corrected chi connectivity index (χ3v) is 4.45. The molecule has 144 valence electrons. The molecule has 1 aliphatic heterocycles. The summed E-state index contributed by atoms with van der Waals surface area (Å²) in [7, 11) is 0. The molecule has 8 heteroatoms. The summed E-state index contributed by atoms with van der Waals surface area (Å²) in [5, 5.41) is 11.8. The molecule has 1 aromatic carbocycles. The molecule has 1 aliphatic rings. The predicted octanol–water partition coefficient (Wildman–Crippen LogP) is 2.48. The number of rotatable bonds is 4. The fourth-order valence-electron chi connectivity index (χ4n) is 2.95. The fourth-order valence-corrected chi connectivity index (χ4v) is 2.95. The molecule has 28 heavy (non-hydrogen) atoms. The van der Waals surface area contributed by atoms with Crippen molar-refractivity contribution in [2.75, 3.05) is 43.0 Å². The van der Waals surface area contributed by atoms with Crippen LogP contribution in [0.1, 0.15) is 23.0 Å². The van der Waals surface area contributed by atoms with E-state index in [1.54, 1.807) is 48.4 Å². The van der Waals surface area contributed by atoms with Gasteiger partial charge in [-0.2, -0.15) is 5.26 Å². The molecular formula is C20H21N5O3. The lowest BCUT2D eigenvalue weighted by Gasteiger charge is -2.35. The molecule has 0 atom stereocenters. The van der Waals surface area contributed by atoms with Crippen molar-refractivity contribution in [3.05, 3.63) is 53.9 Å². The van der Waals surface area contributed by atoms with Crippen molar-refractivity contribution in [3.63, 3.8) is 0 Å². The molecule has 0 aliphatic carbocycles. The first kappa shape index (κ1) is 19.2. The minimum absolute atomic E-state index is 0.265. The zero-order valence-corrected chi connectivity index (χ0v) is 15.6. The van der Waals surface area contributed by atoms with Gasteiger partial charge in [-0.25, -0.2) is 9.78 Å². The van der Waals surface area contributed by atoms with Gasteiger partial charge in [0.05, 0.1) is 29.7 Å². The quantitative estimate of drug-likeness (QED) is 0.876. The number of aromatic nitrogens is 1. The Bertz CT molecular complexity index is 883. The highest BCUT2D eigenvalue weighted by atomic mass is 16.6. The number of ether oxygens (including phenoxy) is 1. The van der Waals surface area contributed by atoms with E-state index in [1.807, 2.05) is 12.1 Å². The van der Waals surface area contributed by atoms with Crippen molar-refractivity contribution in [3.8, 4) is 6.07 Å². The number of piperazine rings is 1. The van der Waals surface area contributed by atoms with Crippen molar-refractivity contribution in [2.24, 2.45) is 0 Å². The number of anilines is 2. The average Bonchev–Trinajstić information content (AvgIpc) is 2.74. The highest BCUT2D eigenvalue weighted by molar-refractivity contribution is 6.03. The van der Waals surface area contributed by atoms with E-state index in [-0.39, 0.29) is 17.7 Å². The zero-order valence-electron chi connectivity index (χ0n) is 15.6. The SMILES string of the molecule is CCOC(=O)N1CCN(c2ccc(C(=O)Nc3ccccc3C#N)nc2)CC1. The summed E-state index contributed by atoms with van der Waals surface area (Å²) in [6.07, 6.45) is 1.36. The molecule has 1 fully saturated rings. The molecule has 2 aromatic rings. The number of hydrogen-bond acceptors (Lipinski definition) is 6. The van der Waals surface area contributed by atoms with Gasteiger partial charge < -0.3 is 19.9 Å². The number of benzene rings is 1. The van der Waals surface area contributed by atoms with Gasteiger partial charge in [-0.05, 0) is 31.2 Å². The van der Waals surface area contributed by atoms with Crippen LogP contribution in [0.4, 0.5) is 16.2 Å². The van der Waals surface area contributed by atoms with Crippen LogP contribution in [0.3, 0.4) is 0 Å². The summed E-state index contributed by atoms with van der Waals surface area (Å²) >= 11 is 0. The molecule has 1 N–H and O–H groups in total. The Morgan fingerprint density at radius 1 is 1.18 bits per heavy atom. The van der Waals surface area contributed by atoms with Gasteiger partial charge in [-0.1, -0.05) is 12.1 Å². The number of carbonyl (C=O) groups excluding carboxylic acids is 2. The molecule has 0 saturated carbocycles. The van der Waals surface area contributed by atoms with Crippen molar-refractivity contribution >= 4 is 23.4 Å². The molecule has 2 amide bonds. The molecule has 3 rings (SSSR count). The molecule has 8 nitrogen and oxygen atoms in total. The Balaban J connectivity index is 1.60. The predicted molar refractivity (Wildman–Crippen MR) is 104 cm³/mol. The highest BCUT2D eigenvalue weighted by Gasteiger charge is 2.22. The van der Waals surface area contributed by atoms with Crippen LogP contribution < -0.4 is 10.2 Å². The standard InChI is InChI=1S/C20H21N5O3/c1-2-28-20(27)25-11-9-24(10-12-25)16-7-8-18(22-14-16)19(26)23-17-6-4-3-5-15(17)13-21/h3-8,14H,2,9-12H2,1H3,(H,23,26). The number of nitriles is 1. The number of hydrogen-bond donors (Lipinski definition) is 1. The molecule has 0 radical (unpaired) electrons. The van der Waals surface area contributed by atoms with E-state index in [0.29, 0.717) is 44.0 Å². The molecule has 1 aromatic heterocycles. The van der Waals surface area contributed by atoms with Gasteiger partial charge in [0.15, 0.2) is 0 Å². The number of para-hydroxylation sites is 1. The third kappa shape index (κ3) is 4.38. The Kier molecular flexibility index (Phi) is 6.07. The maximum atomic E-state index is 12.4. The Morgan fingerprint density at radius 3 is 2.57 bits per heavy atom. The normalized spacial score (nSPS) is 13.6. The lowest BCUT2D eigenvalue weighted by Crippen LogP contribution is -2.49. The number of amides is 2. The van der Waals surface area contributed by atoms with Crippen molar-refractivity contribution < 1.29 is 14.3 Å². The van der Waals surface area contributed by atoms with Crippen LogP contribution in [-0.4, -0.2) is 54.7 Å². The monoisotopic (exact) mass is 379 g/mol. The first-order valence-corrected chi connectivity index (χ1v) is 9.05. The summed E-state index contributed by atoms with van der Waals surface area (Å²) in [6, 6.07) is 12.3.